The summed E-state index contributed by atoms with van der Waals surface area (Å²) >= 11 is 0. The van der Waals surface area contributed by atoms with Gasteiger partial charge in [-0.3, -0.25) is 4.79 Å². The summed E-state index contributed by atoms with van der Waals surface area (Å²) in [5.74, 6) is -1.87. The van der Waals surface area contributed by atoms with Crippen molar-refractivity contribution >= 4 is 28.7 Å². The van der Waals surface area contributed by atoms with E-state index in [9.17, 15) is 32.1 Å². The van der Waals surface area contributed by atoms with Crippen molar-refractivity contribution in [3.05, 3.63) is 96.1 Å². The minimum Gasteiger partial charge on any atom is -0.453 e. The van der Waals surface area contributed by atoms with Crippen LogP contribution in [0.4, 0.5) is 23.7 Å². The van der Waals surface area contributed by atoms with Crippen molar-refractivity contribution in [2.75, 3.05) is 26.0 Å². The van der Waals surface area contributed by atoms with Crippen LogP contribution in [-0.2, 0) is 20.5 Å². The Morgan fingerprint density at radius 1 is 0.935 bits per heavy atom. The van der Waals surface area contributed by atoms with Crippen LogP contribution in [0.15, 0.2) is 89.8 Å². The summed E-state index contributed by atoms with van der Waals surface area (Å²) in [6.07, 6.45) is -5.67. The number of hydrogen-bond acceptors (Lipinski definition) is 6. The molecule has 5 N–H and O–H groups in total. The Balaban J connectivity index is 1.82. The van der Waals surface area contributed by atoms with Gasteiger partial charge in [-0.05, 0) is 61.1 Å². The number of ether oxygens (including phenoxy) is 1. The lowest BCUT2D eigenvalue weighted by molar-refractivity contribution is -0.164. The number of aliphatic hydroxyl groups excluding tert-OH is 1. The molecule has 0 heterocycles. The number of rotatable bonds is 16. The Morgan fingerprint density at radius 3 is 1.98 bits per heavy atom. The normalized spacial score (nSPS) is 14.3. The van der Waals surface area contributed by atoms with Crippen LogP contribution in [0.3, 0.4) is 0 Å². The van der Waals surface area contributed by atoms with Crippen molar-refractivity contribution in [1.29, 1.82) is 0 Å². The molecule has 4 atom stereocenters. The maximum Gasteiger partial charge on any atom is 0.408 e. The summed E-state index contributed by atoms with van der Waals surface area (Å²) in [6.45, 7) is 1.78. The van der Waals surface area contributed by atoms with Gasteiger partial charge in [0.05, 0.1) is 18.6 Å². The lowest BCUT2D eigenvalue weighted by atomic mass is 9.84. The lowest BCUT2D eigenvalue weighted by Crippen LogP contribution is -2.55. The molecule has 250 valence electrons. The number of nitrogens with zero attached hydrogens (tertiary/aromatic N) is 1. The van der Waals surface area contributed by atoms with E-state index in [1.54, 1.807) is 89.2 Å². The fraction of sp³-hybridized carbons (Fsp3) is 0.394. The van der Waals surface area contributed by atoms with Crippen molar-refractivity contribution in [1.82, 2.24) is 14.9 Å². The molecule has 0 fully saturated rings. The zero-order valence-corrected chi connectivity index (χ0v) is 26.6. The van der Waals surface area contributed by atoms with E-state index in [0.29, 0.717) is 34.7 Å². The Kier molecular flexibility index (Phi) is 14.0. The van der Waals surface area contributed by atoms with Crippen LogP contribution in [0.2, 0.25) is 0 Å². The summed E-state index contributed by atoms with van der Waals surface area (Å²) in [5.41, 5.74) is 7.43. The van der Waals surface area contributed by atoms with Crippen molar-refractivity contribution < 1.29 is 36.8 Å². The van der Waals surface area contributed by atoms with E-state index in [2.05, 4.69) is 10.6 Å². The second-order valence-electron chi connectivity index (χ2n) is 10.7. The van der Waals surface area contributed by atoms with Crippen molar-refractivity contribution in [3.8, 4) is 0 Å². The van der Waals surface area contributed by atoms with Gasteiger partial charge in [0.2, 0.25) is 5.91 Å². The van der Waals surface area contributed by atoms with Crippen molar-refractivity contribution in [3.63, 3.8) is 0 Å². The predicted molar refractivity (Wildman–Crippen MR) is 171 cm³/mol. The number of amides is 2. The maximum atomic E-state index is 14.3. The van der Waals surface area contributed by atoms with E-state index in [0.717, 1.165) is 7.11 Å². The molecule has 13 heteroatoms. The van der Waals surface area contributed by atoms with Gasteiger partial charge in [-0.1, -0.05) is 67.6 Å². The molecular formula is C33H41F3N4O5S. The number of nitrogen functional groups attached to an aromatic ring is 1. The van der Waals surface area contributed by atoms with Gasteiger partial charge in [0.15, 0.2) is 0 Å². The maximum absolute atomic E-state index is 14.3. The molecule has 3 rings (SSSR count). The number of alkyl halides is 3. The monoisotopic (exact) mass is 662 g/mol. The molecule has 0 aliphatic heterocycles. The zero-order chi connectivity index (χ0) is 33.7. The summed E-state index contributed by atoms with van der Waals surface area (Å²) < 4.78 is 62.6. The second-order valence-corrected chi connectivity index (χ2v) is 12.2. The van der Waals surface area contributed by atoms with Crippen LogP contribution in [0.25, 0.3) is 0 Å². The molecule has 0 bridgehead atoms. The van der Waals surface area contributed by atoms with Gasteiger partial charge in [-0.2, -0.15) is 13.2 Å². The highest BCUT2D eigenvalue weighted by molar-refractivity contribution is 7.82. The van der Waals surface area contributed by atoms with Gasteiger partial charge in [0, 0.05) is 24.2 Å². The van der Waals surface area contributed by atoms with Crippen LogP contribution in [-0.4, -0.2) is 70.2 Å². The van der Waals surface area contributed by atoms with Gasteiger partial charge in [0.25, 0.3) is 0 Å². The summed E-state index contributed by atoms with van der Waals surface area (Å²) in [6, 6.07) is 19.4. The Morgan fingerprint density at radius 2 is 1.50 bits per heavy atom. The molecule has 0 spiro atoms. The van der Waals surface area contributed by atoms with Crippen LogP contribution in [0, 0.1) is 0 Å². The lowest BCUT2D eigenvalue weighted by Gasteiger charge is -2.31. The van der Waals surface area contributed by atoms with Crippen LogP contribution < -0.4 is 16.4 Å². The van der Waals surface area contributed by atoms with Gasteiger partial charge in [-0.25, -0.2) is 13.3 Å². The molecule has 0 aromatic heterocycles. The number of halogens is 3. The van der Waals surface area contributed by atoms with E-state index >= 15 is 0 Å². The molecule has 4 unspecified atom stereocenters. The van der Waals surface area contributed by atoms with Gasteiger partial charge < -0.3 is 26.2 Å². The second kappa shape index (κ2) is 17.7. The topological polar surface area (TPSA) is 134 Å². The number of carbonyl (C=O) groups is 2. The Bertz CT molecular complexity index is 1360. The molecule has 2 amide bonds. The first-order valence-electron chi connectivity index (χ1n) is 15.0. The molecule has 0 saturated carbocycles. The Hall–Kier alpha value is -3.94. The van der Waals surface area contributed by atoms with Crippen molar-refractivity contribution in [2.45, 2.75) is 67.7 Å². The molecule has 9 nitrogen and oxygen atoms in total. The fourth-order valence-corrected chi connectivity index (χ4v) is 6.62. The van der Waals surface area contributed by atoms with E-state index < -0.39 is 66.2 Å². The number of alkyl carbamates (subject to hydrolysis) is 1. The molecule has 3 aromatic rings. The number of aliphatic hydroxyl groups is 1. The summed E-state index contributed by atoms with van der Waals surface area (Å²) in [4.78, 5) is 26.5. The largest absolute Gasteiger partial charge is 0.453 e. The highest BCUT2D eigenvalue weighted by atomic mass is 32.2. The van der Waals surface area contributed by atoms with Crippen LogP contribution in [0.1, 0.15) is 49.7 Å². The third kappa shape index (κ3) is 10.3. The average molecular weight is 663 g/mol. The van der Waals surface area contributed by atoms with Gasteiger partial charge in [0.1, 0.15) is 23.1 Å². The molecule has 46 heavy (non-hydrogen) atoms. The number of carbonyl (C=O) groups excluding carboxylic acids is 2. The number of nitrogens with two attached hydrogens (primary N) is 1. The first-order valence-corrected chi connectivity index (χ1v) is 16.1. The number of benzene rings is 3. The Labute approximate surface area is 269 Å². The minimum absolute atomic E-state index is 0.0509. The predicted octanol–water partition coefficient (Wildman–Crippen LogP) is 5.14. The third-order valence-electron chi connectivity index (χ3n) is 7.49. The average Bonchev–Trinajstić information content (AvgIpc) is 3.05. The molecule has 0 radical (unpaired) electrons. The van der Waals surface area contributed by atoms with Gasteiger partial charge in [-0.15, -0.1) is 0 Å². The smallest absolute Gasteiger partial charge is 0.408 e. The molecule has 0 saturated heterocycles. The number of hydrogen-bond donors (Lipinski definition) is 4. The highest BCUT2D eigenvalue weighted by Crippen LogP contribution is 2.30. The van der Waals surface area contributed by atoms with Crippen molar-refractivity contribution in [2.24, 2.45) is 0 Å². The van der Waals surface area contributed by atoms with E-state index in [4.69, 9.17) is 10.5 Å². The summed E-state index contributed by atoms with van der Waals surface area (Å²) in [5, 5.41) is 14.7. The van der Waals surface area contributed by atoms with Crippen LogP contribution in [0.5, 0.6) is 0 Å². The first kappa shape index (κ1) is 36.5. The van der Waals surface area contributed by atoms with E-state index in [-0.39, 0.29) is 12.8 Å². The quantitative estimate of drug-likeness (QED) is 0.157. The number of methoxy groups -OCH3 is 1. The SMILES string of the molecule is CCCN(C(CO)CCCC(NC(=O)C(NC(=O)OC)C(c1ccccc1)c1ccccc1)C(F)(F)F)S(=O)c1ccc(N)cc1. The molecule has 0 aliphatic rings. The highest BCUT2D eigenvalue weighted by Gasteiger charge is 2.43. The van der Waals surface area contributed by atoms with E-state index in [1.165, 1.54) is 0 Å². The fourth-order valence-electron chi connectivity index (χ4n) is 5.19. The molecule has 3 aromatic carbocycles. The number of anilines is 1. The zero-order valence-electron chi connectivity index (χ0n) is 25.8. The minimum atomic E-state index is -4.81. The first-order chi connectivity index (χ1) is 22.0. The van der Waals surface area contributed by atoms with Crippen LogP contribution >= 0.6 is 0 Å². The third-order valence-corrected chi connectivity index (χ3v) is 9.07. The van der Waals surface area contributed by atoms with Gasteiger partial charge >= 0.3 is 12.3 Å². The summed E-state index contributed by atoms with van der Waals surface area (Å²) in [7, 11) is -0.581. The molecule has 0 aliphatic carbocycles. The number of nitrogens with one attached hydrogen (secondary N) is 2. The standard InChI is InChI=1S/C33H41F3N4O5S/c1-3-21-40(46(44)27-19-17-25(37)18-20-27)26(22-41)15-10-16-28(33(34,35)36)38-31(42)30(39-32(43)45-2)29(23-11-6-4-7-12-23)24-13-8-5-9-14-24/h4-9,11-14,17-20,26,28-30,41H,3,10,15-16,21-22,37H2,1-2H3,(H,38,42)(H,39,43). The molecular weight excluding hydrogens is 621 g/mol. The van der Waals surface area contributed by atoms with E-state index in [1.807, 2.05) is 6.92 Å².